The third kappa shape index (κ3) is 6.96. The van der Waals surface area contributed by atoms with Crippen LogP contribution in [0.15, 0.2) is 60.0 Å². The second-order valence-corrected chi connectivity index (χ2v) is 11.3. The largest absolute Gasteiger partial charge is 0.368 e. The molecule has 2 saturated heterocycles. The lowest BCUT2D eigenvalue weighted by Crippen LogP contribution is -2.49. The Labute approximate surface area is 246 Å². The molecule has 1 N–H and O–H groups in total. The number of benzene rings is 1. The molecule has 2 fully saturated rings. The number of anilines is 3. The van der Waals surface area contributed by atoms with E-state index in [1.54, 1.807) is 27.8 Å². The Bertz CT molecular complexity index is 1470. The van der Waals surface area contributed by atoms with Gasteiger partial charge >= 0.3 is 0 Å². The van der Waals surface area contributed by atoms with Crippen LogP contribution >= 0.6 is 0 Å². The van der Waals surface area contributed by atoms with E-state index < -0.39 is 0 Å². The SMILES string of the molecule is C=CC(=O)N1CCN(CCn2c(=O)ccc3cnc(Nc4ccc(N5CCN(C(=O)CC(C)C)CC5)cc4)nc32)CC1. The predicted octanol–water partition coefficient (Wildman–Crippen LogP) is 2.56. The van der Waals surface area contributed by atoms with E-state index >= 15 is 0 Å². The number of nitrogens with zero attached hydrogens (tertiary/aromatic N) is 7. The zero-order valence-corrected chi connectivity index (χ0v) is 24.5. The molecule has 0 unspecified atom stereocenters. The van der Waals surface area contributed by atoms with Crippen LogP contribution in [0.3, 0.4) is 0 Å². The number of piperazine rings is 2. The molecule has 0 spiro atoms. The average molecular weight is 573 g/mol. The molecular weight excluding hydrogens is 532 g/mol. The van der Waals surface area contributed by atoms with Gasteiger partial charge in [0.2, 0.25) is 17.8 Å². The van der Waals surface area contributed by atoms with Crippen LogP contribution in [0.25, 0.3) is 11.0 Å². The van der Waals surface area contributed by atoms with Gasteiger partial charge < -0.3 is 20.0 Å². The minimum absolute atomic E-state index is 0.0423. The molecule has 2 aliphatic heterocycles. The van der Waals surface area contributed by atoms with Crippen LogP contribution in [-0.4, -0.2) is 100.0 Å². The molecule has 3 aromatic rings. The van der Waals surface area contributed by atoms with Crippen LogP contribution in [-0.2, 0) is 16.1 Å². The van der Waals surface area contributed by atoms with Crippen molar-refractivity contribution in [2.24, 2.45) is 5.92 Å². The number of amides is 2. The molecule has 2 aliphatic rings. The lowest BCUT2D eigenvalue weighted by Gasteiger charge is -2.36. The topological polar surface area (TPSA) is 107 Å². The minimum Gasteiger partial charge on any atom is -0.368 e. The van der Waals surface area contributed by atoms with Gasteiger partial charge in [0.25, 0.3) is 5.56 Å². The maximum Gasteiger partial charge on any atom is 0.252 e. The van der Waals surface area contributed by atoms with Crippen LogP contribution in [0.4, 0.5) is 17.3 Å². The number of hydrogen-bond acceptors (Lipinski definition) is 8. The van der Waals surface area contributed by atoms with Gasteiger partial charge in [0, 0.05) is 101 Å². The number of hydrogen-bond donors (Lipinski definition) is 1. The first-order chi connectivity index (χ1) is 20.3. The third-order valence-corrected chi connectivity index (χ3v) is 7.93. The van der Waals surface area contributed by atoms with Gasteiger partial charge in [-0.3, -0.25) is 23.9 Å². The molecule has 0 aliphatic carbocycles. The van der Waals surface area contributed by atoms with E-state index in [0.29, 0.717) is 50.1 Å². The highest BCUT2D eigenvalue weighted by atomic mass is 16.2. The molecule has 0 atom stereocenters. The van der Waals surface area contributed by atoms with Crippen molar-refractivity contribution in [2.45, 2.75) is 26.8 Å². The summed E-state index contributed by atoms with van der Waals surface area (Å²) in [5, 5.41) is 4.07. The van der Waals surface area contributed by atoms with Crippen LogP contribution in [0.2, 0.25) is 0 Å². The maximum absolute atomic E-state index is 12.8. The summed E-state index contributed by atoms with van der Waals surface area (Å²) >= 11 is 0. The van der Waals surface area contributed by atoms with Gasteiger partial charge in [0.05, 0.1) is 0 Å². The molecule has 222 valence electrons. The van der Waals surface area contributed by atoms with Crippen molar-refractivity contribution in [1.29, 1.82) is 0 Å². The summed E-state index contributed by atoms with van der Waals surface area (Å²) < 4.78 is 1.69. The number of rotatable bonds is 9. The standard InChI is InChI=1S/C31H40N8O3/c1-4-27(40)37-14-11-35(12-15-37)13-20-39-28(41)10-5-24-22-32-31(34-30(24)39)33-25-6-8-26(9-7-25)36-16-18-38(19-17-36)29(42)21-23(2)3/h4-10,22-23H,1,11-21H2,2-3H3,(H,32,33,34). The van der Waals surface area contributed by atoms with Gasteiger partial charge in [-0.1, -0.05) is 20.4 Å². The molecule has 5 rings (SSSR count). The van der Waals surface area contributed by atoms with Crippen molar-refractivity contribution in [3.8, 4) is 0 Å². The molecule has 11 heteroatoms. The van der Waals surface area contributed by atoms with Crippen molar-refractivity contribution in [3.63, 3.8) is 0 Å². The fourth-order valence-electron chi connectivity index (χ4n) is 5.49. The summed E-state index contributed by atoms with van der Waals surface area (Å²) in [6.45, 7) is 14.8. The van der Waals surface area contributed by atoms with Crippen LogP contribution < -0.4 is 15.8 Å². The summed E-state index contributed by atoms with van der Waals surface area (Å²) in [6, 6.07) is 11.4. The van der Waals surface area contributed by atoms with E-state index in [1.807, 2.05) is 17.0 Å². The molecule has 2 amide bonds. The first-order valence-corrected chi connectivity index (χ1v) is 14.7. The Morgan fingerprint density at radius 2 is 1.62 bits per heavy atom. The van der Waals surface area contributed by atoms with Crippen molar-refractivity contribution < 1.29 is 9.59 Å². The van der Waals surface area contributed by atoms with E-state index in [1.165, 1.54) is 6.08 Å². The normalized spacial score (nSPS) is 16.2. The fourth-order valence-corrected chi connectivity index (χ4v) is 5.49. The Hall–Kier alpha value is -4.25. The predicted molar refractivity (Wildman–Crippen MR) is 165 cm³/mol. The first-order valence-electron chi connectivity index (χ1n) is 14.7. The van der Waals surface area contributed by atoms with Crippen molar-refractivity contribution in [3.05, 3.63) is 65.6 Å². The average Bonchev–Trinajstić information content (AvgIpc) is 3.00. The first kappa shape index (κ1) is 29.2. The van der Waals surface area contributed by atoms with Gasteiger partial charge in [0.15, 0.2) is 0 Å². The van der Waals surface area contributed by atoms with Crippen molar-refractivity contribution >= 4 is 40.2 Å². The molecule has 11 nitrogen and oxygen atoms in total. The smallest absolute Gasteiger partial charge is 0.252 e. The molecular formula is C31H40N8O3. The molecule has 2 aromatic heterocycles. The number of aromatic nitrogens is 3. The lowest BCUT2D eigenvalue weighted by atomic mass is 10.1. The van der Waals surface area contributed by atoms with Crippen LogP contribution in [0.1, 0.15) is 20.3 Å². The molecule has 1 aromatic carbocycles. The number of fused-ring (bicyclic) bond motifs is 1. The Morgan fingerprint density at radius 1 is 0.929 bits per heavy atom. The number of carbonyl (C=O) groups excluding carboxylic acids is 2. The fraction of sp³-hybridized carbons (Fsp3) is 0.452. The van der Waals surface area contributed by atoms with Crippen LogP contribution in [0.5, 0.6) is 0 Å². The second-order valence-electron chi connectivity index (χ2n) is 11.3. The van der Waals surface area contributed by atoms with E-state index in [-0.39, 0.29) is 17.4 Å². The molecule has 0 saturated carbocycles. The van der Waals surface area contributed by atoms with Crippen molar-refractivity contribution in [1.82, 2.24) is 29.2 Å². The van der Waals surface area contributed by atoms with Gasteiger partial charge in [-0.25, -0.2) is 4.98 Å². The highest BCUT2D eigenvalue weighted by Gasteiger charge is 2.22. The van der Waals surface area contributed by atoms with Gasteiger partial charge in [-0.05, 0) is 42.3 Å². The third-order valence-electron chi connectivity index (χ3n) is 7.93. The van der Waals surface area contributed by atoms with Gasteiger partial charge in [-0.15, -0.1) is 0 Å². The van der Waals surface area contributed by atoms with Gasteiger partial charge in [0.1, 0.15) is 5.65 Å². The maximum atomic E-state index is 12.8. The Balaban J connectivity index is 1.21. The second kappa shape index (κ2) is 13.2. The Morgan fingerprint density at radius 3 is 2.29 bits per heavy atom. The quantitative estimate of drug-likeness (QED) is 0.390. The summed E-state index contributed by atoms with van der Waals surface area (Å²) in [4.78, 5) is 54.6. The van der Waals surface area contributed by atoms with E-state index in [9.17, 15) is 14.4 Å². The van der Waals surface area contributed by atoms with Gasteiger partial charge in [-0.2, -0.15) is 4.98 Å². The highest BCUT2D eigenvalue weighted by molar-refractivity contribution is 5.87. The minimum atomic E-state index is -0.108. The lowest BCUT2D eigenvalue weighted by molar-refractivity contribution is -0.132. The molecule has 4 heterocycles. The van der Waals surface area contributed by atoms with E-state index in [0.717, 1.165) is 56.0 Å². The van der Waals surface area contributed by atoms with E-state index in [2.05, 4.69) is 52.7 Å². The monoisotopic (exact) mass is 572 g/mol. The highest BCUT2D eigenvalue weighted by Crippen LogP contribution is 2.22. The summed E-state index contributed by atoms with van der Waals surface area (Å²) in [5.74, 6) is 0.991. The summed E-state index contributed by atoms with van der Waals surface area (Å²) in [7, 11) is 0. The van der Waals surface area contributed by atoms with E-state index in [4.69, 9.17) is 4.98 Å². The molecule has 0 bridgehead atoms. The molecule has 42 heavy (non-hydrogen) atoms. The summed E-state index contributed by atoms with van der Waals surface area (Å²) in [5.41, 5.74) is 2.44. The zero-order valence-electron chi connectivity index (χ0n) is 24.5. The van der Waals surface area contributed by atoms with Crippen molar-refractivity contribution in [2.75, 3.05) is 69.1 Å². The number of carbonyl (C=O) groups is 2. The summed E-state index contributed by atoms with van der Waals surface area (Å²) in [6.07, 6.45) is 3.69. The zero-order chi connectivity index (χ0) is 29.6. The number of nitrogens with one attached hydrogen (secondary N) is 1. The number of pyridine rings is 1. The molecule has 0 radical (unpaired) electrons. The van der Waals surface area contributed by atoms with Crippen LogP contribution in [0, 0.1) is 5.92 Å². The Kier molecular flexibility index (Phi) is 9.16.